The van der Waals surface area contributed by atoms with Crippen LogP contribution in [-0.4, -0.2) is 33.4 Å². The van der Waals surface area contributed by atoms with Gasteiger partial charge in [-0.15, -0.1) is 0 Å². The second kappa shape index (κ2) is 9.88. The molecule has 38 heavy (non-hydrogen) atoms. The number of thiazole rings is 1. The number of rotatable bonds is 5. The largest absolute Gasteiger partial charge is 0.496 e. The summed E-state index contributed by atoms with van der Waals surface area (Å²) in [7, 11) is 5.01. The van der Waals surface area contributed by atoms with Gasteiger partial charge in [0.25, 0.3) is 5.56 Å². The molecule has 0 saturated heterocycles. The highest BCUT2D eigenvalue weighted by atomic mass is 79.9. The third kappa shape index (κ3) is 4.15. The number of ether oxygens (including phenoxy) is 2. The van der Waals surface area contributed by atoms with Crippen LogP contribution in [0.2, 0.25) is 0 Å². The van der Waals surface area contributed by atoms with Gasteiger partial charge in [-0.3, -0.25) is 18.5 Å². The lowest BCUT2D eigenvalue weighted by molar-refractivity contribution is -0.139. The molecule has 0 amide bonds. The van der Waals surface area contributed by atoms with Crippen molar-refractivity contribution in [3.63, 3.8) is 0 Å². The fourth-order valence-electron chi connectivity index (χ4n) is 4.72. The minimum absolute atomic E-state index is 0.121. The molecular weight excluding hydrogens is 572 g/mol. The summed E-state index contributed by atoms with van der Waals surface area (Å²) in [5.74, 6) is 0.112. The first-order valence-electron chi connectivity index (χ1n) is 11.8. The number of fused-ring (bicyclic) bond motifs is 2. The molecule has 3 heterocycles. The van der Waals surface area contributed by atoms with Gasteiger partial charge in [0.2, 0.25) is 0 Å². The van der Waals surface area contributed by atoms with Crippen molar-refractivity contribution in [3.8, 4) is 5.75 Å². The number of hydrogen-bond acceptors (Lipinski definition) is 7. The summed E-state index contributed by atoms with van der Waals surface area (Å²) < 4.78 is 16.6. The molecule has 0 N–H and O–H groups in total. The second-order valence-electron chi connectivity index (χ2n) is 8.85. The highest BCUT2D eigenvalue weighted by Crippen LogP contribution is 2.35. The van der Waals surface area contributed by atoms with Crippen LogP contribution in [0.25, 0.3) is 17.1 Å². The first-order valence-corrected chi connectivity index (χ1v) is 13.5. The quantitative estimate of drug-likeness (QED) is 0.330. The Balaban J connectivity index is 1.73. The Morgan fingerprint density at radius 1 is 1.13 bits per heavy atom. The molecule has 0 spiro atoms. The van der Waals surface area contributed by atoms with E-state index in [4.69, 9.17) is 9.47 Å². The van der Waals surface area contributed by atoms with Gasteiger partial charge in [-0.1, -0.05) is 23.5 Å². The summed E-state index contributed by atoms with van der Waals surface area (Å²) in [6.07, 6.45) is 1.78. The van der Waals surface area contributed by atoms with Crippen molar-refractivity contribution in [2.24, 2.45) is 19.1 Å². The van der Waals surface area contributed by atoms with Crippen LogP contribution in [0.5, 0.6) is 5.75 Å². The van der Waals surface area contributed by atoms with Crippen LogP contribution in [0.4, 0.5) is 0 Å². The number of carbonyl (C=O) groups excluding carboxylic acids is 1. The zero-order valence-corrected chi connectivity index (χ0v) is 23.8. The lowest BCUT2D eigenvalue weighted by atomic mass is 9.96. The van der Waals surface area contributed by atoms with Gasteiger partial charge in [0.15, 0.2) is 4.80 Å². The second-order valence-corrected chi connectivity index (χ2v) is 10.7. The van der Waals surface area contributed by atoms with Gasteiger partial charge in [0.05, 0.1) is 51.1 Å². The number of allylic oxidation sites excluding steroid dienone is 1. The molecule has 4 aromatic rings. The predicted octanol–water partition coefficient (Wildman–Crippen LogP) is 2.76. The van der Waals surface area contributed by atoms with Crippen molar-refractivity contribution in [1.29, 1.82) is 0 Å². The van der Waals surface area contributed by atoms with Gasteiger partial charge in [-0.25, -0.2) is 14.6 Å². The van der Waals surface area contributed by atoms with Crippen molar-refractivity contribution in [1.82, 2.24) is 13.7 Å². The molecule has 11 heteroatoms. The third-order valence-corrected chi connectivity index (χ3v) is 8.21. The summed E-state index contributed by atoms with van der Waals surface area (Å²) in [5, 5.41) is 0. The van der Waals surface area contributed by atoms with E-state index in [-0.39, 0.29) is 17.9 Å². The van der Waals surface area contributed by atoms with Gasteiger partial charge < -0.3 is 9.47 Å². The van der Waals surface area contributed by atoms with Gasteiger partial charge in [0.1, 0.15) is 5.75 Å². The fourth-order valence-corrected chi connectivity index (χ4v) is 6.33. The van der Waals surface area contributed by atoms with Crippen LogP contribution in [0.1, 0.15) is 31.0 Å². The van der Waals surface area contributed by atoms with Crippen LogP contribution >= 0.6 is 27.3 Å². The number of benzene rings is 2. The molecule has 1 atom stereocenters. The minimum atomic E-state index is -0.730. The van der Waals surface area contributed by atoms with Crippen molar-refractivity contribution in [3.05, 3.63) is 93.4 Å². The van der Waals surface area contributed by atoms with Crippen molar-refractivity contribution in [2.45, 2.75) is 19.9 Å². The van der Waals surface area contributed by atoms with E-state index in [9.17, 15) is 14.4 Å². The minimum Gasteiger partial charge on any atom is -0.496 e. The van der Waals surface area contributed by atoms with E-state index in [2.05, 4.69) is 20.9 Å². The van der Waals surface area contributed by atoms with Gasteiger partial charge in [-0.05, 0) is 71.2 Å². The lowest BCUT2D eigenvalue weighted by Gasteiger charge is -2.25. The first kappa shape index (κ1) is 25.9. The highest BCUT2D eigenvalue weighted by Gasteiger charge is 2.33. The normalized spacial score (nSPS) is 15.5. The summed E-state index contributed by atoms with van der Waals surface area (Å²) >= 11 is 4.77. The number of hydrogen-bond donors (Lipinski definition) is 0. The van der Waals surface area contributed by atoms with E-state index in [0.29, 0.717) is 36.4 Å². The van der Waals surface area contributed by atoms with E-state index >= 15 is 0 Å². The van der Waals surface area contributed by atoms with E-state index in [1.165, 1.54) is 11.3 Å². The first-order chi connectivity index (χ1) is 18.2. The SMILES string of the molecule is CCOC(=O)C1=C(C)N=c2s/c(=C/c3ccc4c(c3)n(C)c(=O)n4C)c(=O)n2[C@@H]1c1ccc(OC)c(Br)c1. The fraction of sp³-hybridized carbons (Fsp3) is 0.259. The van der Waals surface area contributed by atoms with Crippen LogP contribution in [-0.2, 0) is 23.6 Å². The van der Waals surface area contributed by atoms with Gasteiger partial charge in [0, 0.05) is 14.1 Å². The molecular formula is C27H25BrN4O5S. The molecule has 2 aromatic heterocycles. The summed E-state index contributed by atoms with van der Waals surface area (Å²) in [4.78, 5) is 44.4. The topological polar surface area (TPSA) is 96.8 Å². The maximum Gasteiger partial charge on any atom is 0.338 e. The molecule has 0 fully saturated rings. The number of imidazole rings is 1. The number of esters is 1. The standard InChI is InChI=1S/C27H25BrN4O5S/c1-6-37-25(34)22-14(2)29-26-32(23(22)16-8-10-20(36-5)17(28)13-16)24(33)21(38-26)12-15-7-9-18-19(11-15)31(4)27(35)30(18)3/h7-13,23H,6H2,1-5H3/b21-12+/t23-/m1/s1. The molecule has 196 valence electrons. The zero-order chi connectivity index (χ0) is 27.3. The molecule has 5 rings (SSSR count). The number of halogens is 1. The average molecular weight is 597 g/mol. The monoisotopic (exact) mass is 596 g/mol. The maximum absolute atomic E-state index is 13.8. The Labute approximate surface area is 229 Å². The van der Waals surface area contributed by atoms with Crippen LogP contribution in [0, 0.1) is 0 Å². The third-order valence-electron chi connectivity index (χ3n) is 6.60. The summed E-state index contributed by atoms with van der Waals surface area (Å²) in [6, 6.07) is 10.3. The molecule has 1 aliphatic heterocycles. The van der Waals surface area contributed by atoms with Crippen molar-refractivity contribution >= 4 is 50.3 Å². The van der Waals surface area contributed by atoms with E-state index in [1.807, 2.05) is 30.3 Å². The summed E-state index contributed by atoms with van der Waals surface area (Å²) in [6.45, 7) is 3.68. The number of carbonyl (C=O) groups is 1. The number of aryl methyl sites for hydroxylation is 2. The molecule has 9 nitrogen and oxygen atoms in total. The van der Waals surface area contributed by atoms with Crippen LogP contribution in [0.3, 0.4) is 0 Å². The van der Waals surface area contributed by atoms with Crippen LogP contribution < -0.4 is 25.3 Å². The molecule has 1 aliphatic rings. The Kier molecular flexibility index (Phi) is 6.74. The Bertz CT molecular complexity index is 1890. The van der Waals surface area contributed by atoms with Crippen molar-refractivity contribution in [2.75, 3.05) is 13.7 Å². The summed E-state index contributed by atoms with van der Waals surface area (Å²) in [5.41, 5.74) is 3.46. The highest BCUT2D eigenvalue weighted by molar-refractivity contribution is 9.10. The van der Waals surface area contributed by atoms with Gasteiger partial charge in [-0.2, -0.15) is 0 Å². The number of aromatic nitrogens is 3. The Morgan fingerprint density at radius 2 is 1.87 bits per heavy atom. The molecule has 0 unspecified atom stereocenters. The van der Waals surface area contributed by atoms with E-state index in [1.54, 1.807) is 60.9 Å². The molecule has 2 aromatic carbocycles. The van der Waals surface area contributed by atoms with E-state index in [0.717, 1.165) is 16.6 Å². The Morgan fingerprint density at radius 3 is 2.55 bits per heavy atom. The maximum atomic E-state index is 13.8. The van der Waals surface area contributed by atoms with Gasteiger partial charge >= 0.3 is 11.7 Å². The van der Waals surface area contributed by atoms with E-state index < -0.39 is 12.0 Å². The smallest absolute Gasteiger partial charge is 0.338 e. The molecule has 0 radical (unpaired) electrons. The lowest BCUT2D eigenvalue weighted by Crippen LogP contribution is -2.39. The molecule has 0 aliphatic carbocycles. The molecule has 0 saturated carbocycles. The zero-order valence-electron chi connectivity index (χ0n) is 21.4. The number of methoxy groups -OCH3 is 1. The predicted molar refractivity (Wildman–Crippen MR) is 149 cm³/mol. The van der Waals surface area contributed by atoms with Crippen molar-refractivity contribution < 1.29 is 14.3 Å². The Hall–Kier alpha value is -3.70. The molecule has 0 bridgehead atoms. The number of nitrogens with zero attached hydrogens (tertiary/aromatic N) is 4. The average Bonchev–Trinajstić information content (AvgIpc) is 3.30. The van der Waals surface area contributed by atoms with Crippen LogP contribution in [0.15, 0.2) is 66.7 Å².